The molecule has 7 heteroatoms. The Labute approximate surface area is 188 Å². The third-order valence-electron chi connectivity index (χ3n) is 5.90. The first kappa shape index (κ1) is 23.5. The van der Waals surface area contributed by atoms with Gasteiger partial charge < -0.3 is 21.1 Å². The van der Waals surface area contributed by atoms with Crippen LogP contribution in [0.1, 0.15) is 47.7 Å². The molecule has 0 aliphatic heterocycles. The number of hydrogen-bond acceptors (Lipinski definition) is 4. The number of carbonyl (C=O) groups is 3. The van der Waals surface area contributed by atoms with Gasteiger partial charge in [-0.1, -0.05) is 48.5 Å². The summed E-state index contributed by atoms with van der Waals surface area (Å²) in [5.41, 5.74) is 1.31. The maximum absolute atomic E-state index is 12.4. The van der Waals surface area contributed by atoms with E-state index in [-0.39, 0.29) is 36.7 Å². The Morgan fingerprint density at radius 2 is 1.47 bits per heavy atom. The van der Waals surface area contributed by atoms with Gasteiger partial charge in [-0.15, -0.1) is 0 Å². The van der Waals surface area contributed by atoms with Crippen molar-refractivity contribution in [1.82, 2.24) is 16.0 Å². The summed E-state index contributed by atoms with van der Waals surface area (Å²) in [5, 5.41) is 18.5. The molecule has 170 valence electrons. The van der Waals surface area contributed by atoms with Crippen molar-refractivity contribution in [2.75, 3.05) is 19.6 Å². The Balaban J connectivity index is 1.30. The second-order valence-corrected chi connectivity index (χ2v) is 8.24. The van der Waals surface area contributed by atoms with Crippen molar-refractivity contribution in [1.29, 1.82) is 0 Å². The lowest BCUT2D eigenvalue weighted by molar-refractivity contribution is -0.127. The van der Waals surface area contributed by atoms with Gasteiger partial charge in [-0.3, -0.25) is 14.4 Å². The van der Waals surface area contributed by atoms with Gasteiger partial charge in [-0.2, -0.15) is 0 Å². The minimum Gasteiger partial charge on any atom is -0.387 e. The molecule has 7 nitrogen and oxygen atoms in total. The molecule has 2 aromatic carbocycles. The highest BCUT2D eigenvalue weighted by molar-refractivity contribution is 5.96. The van der Waals surface area contributed by atoms with Crippen LogP contribution in [0.15, 0.2) is 60.7 Å². The number of benzene rings is 2. The smallest absolute Gasteiger partial charge is 0.251 e. The zero-order valence-electron chi connectivity index (χ0n) is 18.1. The third kappa shape index (κ3) is 7.20. The van der Waals surface area contributed by atoms with Gasteiger partial charge in [0, 0.05) is 24.6 Å². The molecule has 0 spiro atoms. The first-order valence-electron chi connectivity index (χ1n) is 11.1. The standard InChI is InChI=1S/C25H31N3O4/c29-22(19-7-3-1-4-8-19)16-27-25(32)21-13-11-18(12-14-21)15-26-23(30)17-28-24(31)20-9-5-2-6-10-20/h1-10,18,21-22,29H,11-17H2,(H,26,30)(H,27,32)(H,28,31). The van der Waals surface area contributed by atoms with E-state index < -0.39 is 6.10 Å². The van der Waals surface area contributed by atoms with E-state index in [1.54, 1.807) is 24.3 Å². The Bertz CT molecular complexity index is 881. The number of aliphatic hydroxyl groups is 1. The zero-order valence-corrected chi connectivity index (χ0v) is 18.1. The van der Waals surface area contributed by atoms with Gasteiger partial charge in [0.15, 0.2) is 0 Å². The van der Waals surface area contributed by atoms with E-state index in [0.29, 0.717) is 18.0 Å². The quantitative estimate of drug-likeness (QED) is 0.482. The highest BCUT2D eigenvalue weighted by Gasteiger charge is 2.26. The van der Waals surface area contributed by atoms with Crippen molar-refractivity contribution in [3.05, 3.63) is 71.8 Å². The molecule has 1 unspecified atom stereocenters. The molecule has 0 aromatic heterocycles. The molecule has 2 aromatic rings. The summed E-state index contributed by atoms with van der Waals surface area (Å²) in [6.45, 7) is 0.684. The highest BCUT2D eigenvalue weighted by atomic mass is 16.3. The molecule has 1 aliphatic carbocycles. The van der Waals surface area contributed by atoms with Crippen LogP contribution in [0.2, 0.25) is 0 Å². The van der Waals surface area contributed by atoms with Crippen molar-refractivity contribution >= 4 is 17.7 Å². The van der Waals surface area contributed by atoms with Crippen LogP contribution in [0.25, 0.3) is 0 Å². The maximum Gasteiger partial charge on any atom is 0.251 e. The summed E-state index contributed by atoms with van der Waals surface area (Å²) >= 11 is 0. The molecule has 1 aliphatic rings. The van der Waals surface area contributed by atoms with Crippen molar-refractivity contribution in [2.45, 2.75) is 31.8 Å². The Morgan fingerprint density at radius 3 is 2.12 bits per heavy atom. The largest absolute Gasteiger partial charge is 0.387 e. The SMILES string of the molecule is O=C(CNC(=O)c1ccccc1)NCC1CCC(C(=O)NCC(O)c2ccccc2)CC1. The van der Waals surface area contributed by atoms with Gasteiger partial charge in [-0.05, 0) is 49.3 Å². The lowest BCUT2D eigenvalue weighted by Crippen LogP contribution is -2.40. The number of rotatable bonds is 9. The Morgan fingerprint density at radius 1 is 0.844 bits per heavy atom. The molecule has 0 radical (unpaired) electrons. The fraction of sp³-hybridized carbons (Fsp3) is 0.400. The van der Waals surface area contributed by atoms with E-state index in [9.17, 15) is 19.5 Å². The molecule has 4 N–H and O–H groups in total. The number of carbonyl (C=O) groups excluding carboxylic acids is 3. The summed E-state index contributed by atoms with van der Waals surface area (Å²) in [6, 6.07) is 18.1. The van der Waals surface area contributed by atoms with Gasteiger partial charge in [0.2, 0.25) is 11.8 Å². The predicted molar refractivity (Wildman–Crippen MR) is 122 cm³/mol. The number of hydrogen-bond donors (Lipinski definition) is 4. The van der Waals surface area contributed by atoms with E-state index in [4.69, 9.17) is 0 Å². The Kier molecular flexibility index (Phi) is 8.80. The molecule has 0 bridgehead atoms. The topological polar surface area (TPSA) is 108 Å². The molecular formula is C25H31N3O4. The normalized spacial score (nSPS) is 18.9. The van der Waals surface area contributed by atoms with E-state index in [1.165, 1.54) is 0 Å². The van der Waals surface area contributed by atoms with Crippen LogP contribution in [0, 0.1) is 11.8 Å². The molecule has 1 fully saturated rings. The zero-order chi connectivity index (χ0) is 22.8. The van der Waals surface area contributed by atoms with Gasteiger partial charge in [-0.25, -0.2) is 0 Å². The van der Waals surface area contributed by atoms with Crippen LogP contribution in [-0.2, 0) is 9.59 Å². The fourth-order valence-electron chi connectivity index (χ4n) is 3.94. The summed E-state index contributed by atoms with van der Waals surface area (Å²) in [7, 11) is 0. The van der Waals surface area contributed by atoms with Gasteiger partial charge in [0.05, 0.1) is 12.6 Å². The van der Waals surface area contributed by atoms with E-state index >= 15 is 0 Å². The van der Waals surface area contributed by atoms with Crippen molar-refractivity contribution in [3.63, 3.8) is 0 Å². The van der Waals surface area contributed by atoms with Gasteiger partial charge >= 0.3 is 0 Å². The molecule has 32 heavy (non-hydrogen) atoms. The predicted octanol–water partition coefficient (Wildman–Crippen LogP) is 2.19. The molecule has 1 saturated carbocycles. The molecule has 0 heterocycles. The summed E-state index contributed by atoms with van der Waals surface area (Å²) < 4.78 is 0. The van der Waals surface area contributed by atoms with Crippen LogP contribution >= 0.6 is 0 Å². The second kappa shape index (κ2) is 12.0. The number of nitrogens with one attached hydrogen (secondary N) is 3. The fourth-order valence-corrected chi connectivity index (χ4v) is 3.94. The van der Waals surface area contributed by atoms with Crippen LogP contribution in [0.3, 0.4) is 0 Å². The monoisotopic (exact) mass is 437 g/mol. The minimum absolute atomic E-state index is 0.0221. The molecule has 1 atom stereocenters. The molecule has 3 rings (SSSR count). The number of aliphatic hydroxyl groups excluding tert-OH is 1. The van der Waals surface area contributed by atoms with Crippen LogP contribution in [-0.4, -0.2) is 42.5 Å². The van der Waals surface area contributed by atoms with Gasteiger partial charge in [0.1, 0.15) is 0 Å². The second-order valence-electron chi connectivity index (χ2n) is 8.24. The highest BCUT2D eigenvalue weighted by Crippen LogP contribution is 2.28. The lowest BCUT2D eigenvalue weighted by Gasteiger charge is -2.28. The van der Waals surface area contributed by atoms with Crippen molar-refractivity contribution in [2.24, 2.45) is 11.8 Å². The third-order valence-corrected chi connectivity index (χ3v) is 5.90. The molecule has 3 amide bonds. The summed E-state index contributed by atoms with van der Waals surface area (Å²) in [5.74, 6) is -0.252. The van der Waals surface area contributed by atoms with Crippen molar-refractivity contribution in [3.8, 4) is 0 Å². The first-order chi connectivity index (χ1) is 15.5. The van der Waals surface area contributed by atoms with Gasteiger partial charge in [0.25, 0.3) is 5.91 Å². The van der Waals surface area contributed by atoms with E-state index in [0.717, 1.165) is 31.2 Å². The van der Waals surface area contributed by atoms with Crippen LogP contribution in [0.5, 0.6) is 0 Å². The van der Waals surface area contributed by atoms with Crippen LogP contribution in [0.4, 0.5) is 0 Å². The summed E-state index contributed by atoms with van der Waals surface area (Å²) in [6.07, 6.45) is 2.53. The Hall–Kier alpha value is -3.19. The molecule has 0 saturated heterocycles. The maximum atomic E-state index is 12.4. The van der Waals surface area contributed by atoms with Crippen molar-refractivity contribution < 1.29 is 19.5 Å². The van der Waals surface area contributed by atoms with E-state index in [1.807, 2.05) is 36.4 Å². The molecular weight excluding hydrogens is 406 g/mol. The minimum atomic E-state index is -0.714. The van der Waals surface area contributed by atoms with Crippen LogP contribution < -0.4 is 16.0 Å². The van der Waals surface area contributed by atoms with E-state index in [2.05, 4.69) is 16.0 Å². The average molecular weight is 438 g/mol. The first-order valence-corrected chi connectivity index (χ1v) is 11.1. The number of amides is 3. The lowest BCUT2D eigenvalue weighted by atomic mass is 9.81. The average Bonchev–Trinajstić information content (AvgIpc) is 2.85. The summed E-state index contributed by atoms with van der Waals surface area (Å²) in [4.78, 5) is 36.5.